The molecule has 1 atom stereocenters. The average molecular weight is 246 g/mol. The van der Waals surface area contributed by atoms with E-state index >= 15 is 0 Å². The van der Waals surface area contributed by atoms with Crippen LogP contribution in [0.4, 0.5) is 0 Å². The van der Waals surface area contributed by atoms with E-state index in [1.807, 2.05) is 13.8 Å². The van der Waals surface area contributed by atoms with Crippen LogP contribution in [0.2, 0.25) is 0 Å². The maximum Gasteiger partial charge on any atom is 0.277 e. The molecule has 0 bridgehead atoms. The Labute approximate surface area is 96.0 Å². The lowest BCUT2D eigenvalue weighted by molar-refractivity contribution is 0.536. The Bertz CT molecular complexity index is 399. The van der Waals surface area contributed by atoms with Gasteiger partial charge in [-0.05, 0) is 12.8 Å². The number of hydrogen-bond donors (Lipinski definition) is 3. The van der Waals surface area contributed by atoms with Crippen LogP contribution in [0.5, 0.6) is 0 Å². The van der Waals surface area contributed by atoms with Gasteiger partial charge in [-0.3, -0.25) is 5.10 Å². The summed E-state index contributed by atoms with van der Waals surface area (Å²) < 4.78 is 28.2. The third-order valence-electron chi connectivity index (χ3n) is 2.03. The van der Waals surface area contributed by atoms with Crippen molar-refractivity contribution in [2.45, 2.75) is 26.8 Å². The molecule has 6 nitrogen and oxygen atoms in total. The Morgan fingerprint density at radius 1 is 1.44 bits per heavy atom. The summed E-state index contributed by atoms with van der Waals surface area (Å²) in [4.78, 5) is 0. The minimum absolute atomic E-state index is 0.279. The summed E-state index contributed by atoms with van der Waals surface area (Å²) >= 11 is 0. The fourth-order valence-electron chi connectivity index (χ4n) is 1.12. The van der Waals surface area contributed by atoms with Crippen molar-refractivity contribution < 1.29 is 8.42 Å². The van der Waals surface area contributed by atoms with Gasteiger partial charge in [0.2, 0.25) is 0 Å². The second-order valence-corrected chi connectivity index (χ2v) is 5.65. The Morgan fingerprint density at radius 2 is 2.12 bits per heavy atom. The maximum atomic E-state index is 11.6. The topological polar surface area (TPSA) is 86.9 Å². The van der Waals surface area contributed by atoms with Crippen LogP contribution in [0.25, 0.3) is 0 Å². The number of aromatic amines is 1. The van der Waals surface area contributed by atoms with Crippen molar-refractivity contribution in [3.05, 3.63) is 18.0 Å². The lowest BCUT2D eigenvalue weighted by Gasteiger charge is -2.14. The zero-order valence-corrected chi connectivity index (χ0v) is 10.5. The lowest BCUT2D eigenvalue weighted by atomic mass is 10.2. The van der Waals surface area contributed by atoms with Gasteiger partial charge < -0.3 is 0 Å². The van der Waals surface area contributed by atoms with Gasteiger partial charge >= 0.3 is 0 Å². The molecule has 0 saturated carbocycles. The minimum Gasteiger partial charge on any atom is -0.285 e. The highest BCUT2D eigenvalue weighted by Crippen LogP contribution is 2.09. The molecule has 0 aliphatic carbocycles. The molecule has 0 aliphatic rings. The molecule has 1 aromatic heterocycles. The van der Waals surface area contributed by atoms with Crippen LogP contribution in [-0.2, 0) is 10.2 Å². The van der Waals surface area contributed by atoms with Gasteiger partial charge in [0.1, 0.15) is 0 Å². The standard InChI is InChI=1S/C9H18N4O2S/c1-7(2)4-12-16(14,15)13-8(3)9-5-10-11-6-9/h5-8,12-13H,4H2,1-3H3,(H,10,11). The first kappa shape index (κ1) is 13.1. The number of nitrogens with zero attached hydrogens (tertiary/aromatic N) is 1. The van der Waals surface area contributed by atoms with E-state index in [1.165, 1.54) is 0 Å². The van der Waals surface area contributed by atoms with Crippen molar-refractivity contribution in [1.29, 1.82) is 0 Å². The fourth-order valence-corrected chi connectivity index (χ4v) is 2.35. The molecule has 0 aliphatic heterocycles. The number of nitrogens with one attached hydrogen (secondary N) is 3. The first-order chi connectivity index (χ1) is 7.41. The van der Waals surface area contributed by atoms with Crippen LogP contribution in [0, 0.1) is 5.92 Å². The van der Waals surface area contributed by atoms with E-state index in [9.17, 15) is 8.42 Å². The molecule has 0 spiro atoms. The molecule has 16 heavy (non-hydrogen) atoms. The van der Waals surface area contributed by atoms with Crippen molar-refractivity contribution in [3.63, 3.8) is 0 Å². The highest BCUT2D eigenvalue weighted by atomic mass is 32.2. The summed E-state index contributed by atoms with van der Waals surface area (Å²) in [6, 6.07) is -0.302. The van der Waals surface area contributed by atoms with E-state index in [0.29, 0.717) is 6.54 Å². The smallest absolute Gasteiger partial charge is 0.277 e. The van der Waals surface area contributed by atoms with Gasteiger partial charge in [-0.1, -0.05) is 13.8 Å². The van der Waals surface area contributed by atoms with E-state index < -0.39 is 10.2 Å². The number of hydrogen-bond acceptors (Lipinski definition) is 3. The highest BCUT2D eigenvalue weighted by Gasteiger charge is 2.15. The van der Waals surface area contributed by atoms with E-state index in [1.54, 1.807) is 19.3 Å². The van der Waals surface area contributed by atoms with Gasteiger partial charge in [0.15, 0.2) is 0 Å². The number of H-pyrrole nitrogens is 1. The minimum atomic E-state index is -3.44. The second kappa shape index (κ2) is 5.42. The van der Waals surface area contributed by atoms with Crippen molar-refractivity contribution in [2.24, 2.45) is 5.92 Å². The number of rotatable bonds is 6. The SMILES string of the molecule is CC(C)CNS(=O)(=O)NC(C)c1cn[nH]c1. The quantitative estimate of drug-likeness (QED) is 0.685. The Balaban J connectivity index is 2.53. The van der Waals surface area contributed by atoms with Crippen molar-refractivity contribution in [1.82, 2.24) is 19.6 Å². The van der Waals surface area contributed by atoms with Gasteiger partial charge in [0.25, 0.3) is 10.2 Å². The molecular weight excluding hydrogens is 228 g/mol. The summed E-state index contributed by atoms with van der Waals surface area (Å²) in [5.41, 5.74) is 0.801. The van der Waals surface area contributed by atoms with Gasteiger partial charge in [0.05, 0.1) is 6.20 Å². The van der Waals surface area contributed by atoms with Crippen LogP contribution in [0.3, 0.4) is 0 Å². The third-order valence-corrected chi connectivity index (χ3v) is 3.24. The molecule has 0 saturated heterocycles. The number of aromatic nitrogens is 2. The first-order valence-corrected chi connectivity index (χ1v) is 6.64. The molecule has 0 radical (unpaired) electrons. The molecule has 0 amide bonds. The molecule has 0 aromatic carbocycles. The predicted molar refractivity (Wildman–Crippen MR) is 61.9 cm³/mol. The molecule has 1 aromatic rings. The third kappa shape index (κ3) is 4.30. The van der Waals surface area contributed by atoms with E-state index in [2.05, 4.69) is 19.6 Å². The predicted octanol–water partition coefficient (Wildman–Crippen LogP) is 0.551. The van der Waals surface area contributed by atoms with E-state index in [4.69, 9.17) is 0 Å². The fraction of sp³-hybridized carbons (Fsp3) is 0.667. The molecule has 1 rings (SSSR count). The zero-order chi connectivity index (χ0) is 12.2. The summed E-state index contributed by atoms with van der Waals surface area (Å²) in [7, 11) is -3.44. The second-order valence-electron chi connectivity index (χ2n) is 4.12. The Kier molecular flexibility index (Phi) is 4.45. The zero-order valence-electron chi connectivity index (χ0n) is 9.69. The van der Waals surface area contributed by atoms with Crippen molar-refractivity contribution in [3.8, 4) is 0 Å². The summed E-state index contributed by atoms with van der Waals surface area (Å²) in [6.07, 6.45) is 3.26. The van der Waals surface area contributed by atoms with E-state index in [-0.39, 0.29) is 12.0 Å². The monoisotopic (exact) mass is 246 g/mol. The summed E-state index contributed by atoms with van der Waals surface area (Å²) in [5.74, 6) is 0.279. The van der Waals surface area contributed by atoms with Crippen molar-refractivity contribution in [2.75, 3.05) is 6.54 Å². The van der Waals surface area contributed by atoms with Crippen LogP contribution < -0.4 is 9.44 Å². The largest absolute Gasteiger partial charge is 0.285 e. The van der Waals surface area contributed by atoms with Gasteiger partial charge in [-0.25, -0.2) is 4.72 Å². The van der Waals surface area contributed by atoms with Crippen LogP contribution in [0.15, 0.2) is 12.4 Å². The average Bonchev–Trinajstić information content (AvgIpc) is 2.67. The summed E-state index contributed by atoms with van der Waals surface area (Å²) in [5, 5.41) is 6.41. The molecule has 0 fully saturated rings. The van der Waals surface area contributed by atoms with E-state index in [0.717, 1.165) is 5.56 Å². The Hall–Kier alpha value is -0.920. The van der Waals surface area contributed by atoms with Gasteiger partial charge in [-0.15, -0.1) is 0 Å². The van der Waals surface area contributed by atoms with Gasteiger partial charge in [-0.2, -0.15) is 18.2 Å². The van der Waals surface area contributed by atoms with Crippen LogP contribution in [0.1, 0.15) is 32.4 Å². The maximum absolute atomic E-state index is 11.6. The molecule has 1 heterocycles. The van der Waals surface area contributed by atoms with Gasteiger partial charge in [0, 0.05) is 24.3 Å². The van der Waals surface area contributed by atoms with Crippen LogP contribution in [-0.4, -0.2) is 25.2 Å². The van der Waals surface area contributed by atoms with Crippen molar-refractivity contribution >= 4 is 10.2 Å². The molecule has 7 heteroatoms. The molecule has 3 N–H and O–H groups in total. The Morgan fingerprint density at radius 3 is 2.62 bits per heavy atom. The molecular formula is C9H18N4O2S. The molecule has 1 unspecified atom stereocenters. The first-order valence-electron chi connectivity index (χ1n) is 5.16. The highest BCUT2D eigenvalue weighted by molar-refractivity contribution is 7.87. The normalized spacial score (nSPS) is 14.2. The van der Waals surface area contributed by atoms with Crippen LogP contribution >= 0.6 is 0 Å². The molecule has 92 valence electrons. The summed E-state index contributed by atoms with van der Waals surface area (Å²) in [6.45, 7) is 6.08. The lowest BCUT2D eigenvalue weighted by Crippen LogP contribution is -2.39.